The number of thiazole rings is 1. The van der Waals surface area contributed by atoms with E-state index in [1.54, 1.807) is 6.20 Å². The molecule has 3 aromatic rings. The molecule has 1 saturated carbocycles. The Balaban J connectivity index is 1.56. The van der Waals surface area contributed by atoms with Gasteiger partial charge in [0.15, 0.2) is 5.13 Å². The second kappa shape index (κ2) is 5.53. The van der Waals surface area contributed by atoms with E-state index in [0.29, 0.717) is 20.9 Å². The van der Waals surface area contributed by atoms with E-state index in [-0.39, 0.29) is 5.91 Å². The number of aromatic amines is 1. The second-order valence-electron chi connectivity index (χ2n) is 5.19. The van der Waals surface area contributed by atoms with Crippen molar-refractivity contribution in [3.8, 4) is 10.4 Å². The van der Waals surface area contributed by atoms with Crippen LogP contribution in [-0.2, 0) is 0 Å². The topological polar surface area (TPSA) is 57.8 Å². The quantitative estimate of drug-likeness (QED) is 0.697. The average molecular weight is 350 g/mol. The van der Waals surface area contributed by atoms with E-state index in [1.807, 2.05) is 23.7 Å². The lowest BCUT2D eigenvalue weighted by molar-refractivity contribution is 0.102. The van der Waals surface area contributed by atoms with Gasteiger partial charge in [0.05, 0.1) is 15.6 Å². The van der Waals surface area contributed by atoms with Crippen molar-refractivity contribution in [3.05, 3.63) is 45.5 Å². The van der Waals surface area contributed by atoms with Crippen LogP contribution in [0.1, 0.15) is 34.8 Å². The molecule has 0 radical (unpaired) electrons. The Morgan fingerprint density at radius 2 is 2.23 bits per heavy atom. The predicted molar refractivity (Wildman–Crippen MR) is 91.2 cm³/mol. The van der Waals surface area contributed by atoms with Gasteiger partial charge in [0.2, 0.25) is 0 Å². The molecule has 0 atom stereocenters. The fraction of sp³-hybridized carbons (Fsp3) is 0.200. The Kier molecular flexibility index (Phi) is 3.52. The fourth-order valence-corrected chi connectivity index (χ4v) is 4.15. The van der Waals surface area contributed by atoms with E-state index < -0.39 is 0 Å². The highest BCUT2D eigenvalue weighted by Crippen LogP contribution is 2.41. The van der Waals surface area contributed by atoms with Crippen LogP contribution < -0.4 is 5.32 Å². The number of nitrogens with zero attached hydrogens (tertiary/aromatic N) is 1. The van der Waals surface area contributed by atoms with Crippen LogP contribution in [0.15, 0.2) is 29.9 Å². The van der Waals surface area contributed by atoms with Crippen LogP contribution in [0.4, 0.5) is 5.13 Å². The lowest BCUT2D eigenvalue weighted by Gasteiger charge is -2.02. The first-order chi connectivity index (χ1) is 10.7. The van der Waals surface area contributed by atoms with Crippen molar-refractivity contribution in [3.63, 3.8) is 0 Å². The lowest BCUT2D eigenvalue weighted by Crippen LogP contribution is -2.11. The molecule has 0 aliphatic heterocycles. The Morgan fingerprint density at radius 3 is 2.95 bits per heavy atom. The van der Waals surface area contributed by atoms with Crippen molar-refractivity contribution < 1.29 is 4.79 Å². The summed E-state index contributed by atoms with van der Waals surface area (Å²) in [5.74, 6) is 0.440. The van der Waals surface area contributed by atoms with Crippen LogP contribution in [-0.4, -0.2) is 15.9 Å². The summed E-state index contributed by atoms with van der Waals surface area (Å²) in [6.07, 6.45) is 5.93. The van der Waals surface area contributed by atoms with E-state index >= 15 is 0 Å². The van der Waals surface area contributed by atoms with Gasteiger partial charge in [0.25, 0.3) is 5.91 Å². The van der Waals surface area contributed by atoms with Crippen LogP contribution in [0, 0.1) is 0 Å². The number of H-pyrrole nitrogens is 1. The molecule has 4 nitrogen and oxygen atoms in total. The van der Waals surface area contributed by atoms with Crippen molar-refractivity contribution in [1.82, 2.24) is 9.97 Å². The Labute approximate surface area is 140 Å². The third-order valence-corrected chi connectivity index (χ3v) is 5.61. The van der Waals surface area contributed by atoms with E-state index in [2.05, 4.69) is 15.3 Å². The molecule has 0 bridgehead atoms. The molecule has 1 aliphatic carbocycles. The minimum absolute atomic E-state index is 0.155. The van der Waals surface area contributed by atoms with Gasteiger partial charge in [0.1, 0.15) is 0 Å². The molecule has 1 aliphatic rings. The van der Waals surface area contributed by atoms with Gasteiger partial charge in [-0.1, -0.05) is 11.6 Å². The number of anilines is 1. The lowest BCUT2D eigenvalue weighted by atomic mass is 10.1. The third-order valence-electron chi connectivity index (χ3n) is 3.57. The summed E-state index contributed by atoms with van der Waals surface area (Å²) in [7, 11) is 0. The SMILES string of the molecule is O=C(Nc1nc(C2CC2)cs1)c1c[nH]cc1-c1ccc(Cl)s1. The Bertz CT molecular complexity index is 831. The molecule has 0 spiro atoms. The Hall–Kier alpha value is -1.63. The molecule has 0 unspecified atom stereocenters. The first-order valence-corrected chi connectivity index (χ1v) is 8.97. The number of hydrogen-bond donors (Lipinski definition) is 2. The first-order valence-electron chi connectivity index (χ1n) is 6.90. The number of carbonyl (C=O) groups excluding carboxylic acids is 1. The second-order valence-corrected chi connectivity index (χ2v) is 7.77. The van der Waals surface area contributed by atoms with Crippen molar-refractivity contribution >= 4 is 45.3 Å². The molecule has 0 saturated heterocycles. The molecule has 4 rings (SSSR count). The molecule has 22 heavy (non-hydrogen) atoms. The number of hydrogen-bond acceptors (Lipinski definition) is 4. The van der Waals surface area contributed by atoms with Gasteiger partial charge in [-0.2, -0.15) is 0 Å². The number of amides is 1. The zero-order valence-electron chi connectivity index (χ0n) is 11.4. The summed E-state index contributed by atoms with van der Waals surface area (Å²) >= 11 is 8.91. The summed E-state index contributed by atoms with van der Waals surface area (Å²) in [4.78, 5) is 20.9. The molecular weight excluding hydrogens is 338 g/mol. The van der Waals surface area contributed by atoms with Gasteiger partial charge < -0.3 is 4.98 Å². The maximum atomic E-state index is 12.5. The van der Waals surface area contributed by atoms with Crippen molar-refractivity contribution in [1.29, 1.82) is 0 Å². The molecule has 0 aromatic carbocycles. The number of nitrogens with one attached hydrogen (secondary N) is 2. The molecule has 1 fully saturated rings. The highest BCUT2D eigenvalue weighted by atomic mass is 35.5. The number of thiophene rings is 1. The van der Waals surface area contributed by atoms with Crippen LogP contribution >= 0.6 is 34.3 Å². The van der Waals surface area contributed by atoms with Crippen molar-refractivity contribution in [2.24, 2.45) is 0 Å². The van der Waals surface area contributed by atoms with Gasteiger partial charge in [-0.25, -0.2) is 4.98 Å². The van der Waals surface area contributed by atoms with Gasteiger partial charge in [0, 0.05) is 34.1 Å². The summed E-state index contributed by atoms with van der Waals surface area (Å²) in [6.45, 7) is 0. The summed E-state index contributed by atoms with van der Waals surface area (Å²) < 4.78 is 0.705. The molecule has 7 heteroatoms. The van der Waals surface area contributed by atoms with Gasteiger partial charge in [-0.15, -0.1) is 22.7 Å². The minimum atomic E-state index is -0.155. The van der Waals surface area contributed by atoms with Gasteiger partial charge >= 0.3 is 0 Å². The highest BCUT2D eigenvalue weighted by molar-refractivity contribution is 7.19. The van der Waals surface area contributed by atoms with Gasteiger partial charge in [-0.05, 0) is 25.0 Å². The molecule has 2 N–H and O–H groups in total. The maximum Gasteiger partial charge on any atom is 0.259 e. The van der Waals surface area contributed by atoms with Crippen molar-refractivity contribution in [2.75, 3.05) is 5.32 Å². The molecule has 3 aromatic heterocycles. The molecule has 112 valence electrons. The third kappa shape index (κ3) is 2.69. The number of rotatable bonds is 4. The molecule has 1 amide bonds. The van der Waals surface area contributed by atoms with Crippen LogP contribution in [0.3, 0.4) is 0 Å². The summed E-state index contributed by atoms with van der Waals surface area (Å²) in [5, 5.41) is 5.57. The largest absolute Gasteiger partial charge is 0.366 e. The van der Waals surface area contributed by atoms with E-state index in [0.717, 1.165) is 16.1 Å². The normalized spacial score (nSPS) is 14.2. The number of carbonyl (C=O) groups is 1. The monoisotopic (exact) mass is 349 g/mol. The summed E-state index contributed by atoms with van der Waals surface area (Å²) in [5.41, 5.74) is 2.55. The number of halogens is 1. The van der Waals surface area contributed by atoms with Crippen molar-refractivity contribution in [2.45, 2.75) is 18.8 Å². The van der Waals surface area contributed by atoms with E-state index in [9.17, 15) is 4.79 Å². The van der Waals surface area contributed by atoms with E-state index in [4.69, 9.17) is 11.6 Å². The standard InChI is InChI=1S/C15H12ClN3OS2/c16-13-4-3-12(22-13)9-5-17-6-10(9)14(20)19-15-18-11(7-21-15)8-1-2-8/h3-8,17H,1-2H2,(H,18,19,20). The summed E-state index contributed by atoms with van der Waals surface area (Å²) in [6, 6.07) is 3.75. The highest BCUT2D eigenvalue weighted by Gasteiger charge is 2.26. The first kappa shape index (κ1) is 14.0. The van der Waals surface area contributed by atoms with E-state index in [1.165, 1.54) is 35.5 Å². The zero-order valence-corrected chi connectivity index (χ0v) is 13.8. The minimum Gasteiger partial charge on any atom is -0.366 e. The molecule has 3 heterocycles. The predicted octanol–water partition coefficient (Wildman–Crippen LogP) is 4.98. The van der Waals surface area contributed by atoms with Crippen LogP contribution in [0.25, 0.3) is 10.4 Å². The van der Waals surface area contributed by atoms with Gasteiger partial charge in [-0.3, -0.25) is 10.1 Å². The Morgan fingerprint density at radius 1 is 1.36 bits per heavy atom. The zero-order chi connectivity index (χ0) is 15.1. The van der Waals surface area contributed by atoms with Crippen LogP contribution in [0.2, 0.25) is 4.34 Å². The fourth-order valence-electron chi connectivity index (χ4n) is 2.29. The smallest absolute Gasteiger partial charge is 0.259 e. The van der Waals surface area contributed by atoms with Crippen LogP contribution in [0.5, 0.6) is 0 Å². The maximum absolute atomic E-state index is 12.5. The average Bonchev–Trinajstić information content (AvgIpc) is 2.92. The number of aromatic nitrogens is 2. The molecular formula is C15H12ClN3OS2.